The zero-order chi connectivity index (χ0) is 9.84. The molecule has 0 radical (unpaired) electrons. The van der Waals surface area contributed by atoms with Crippen molar-refractivity contribution in [2.24, 2.45) is 0 Å². The van der Waals surface area contributed by atoms with Gasteiger partial charge in [-0.05, 0) is 30.0 Å². The monoisotopic (exact) mass is 172 g/mol. The lowest BCUT2D eigenvalue weighted by Crippen LogP contribution is -1.82. The van der Waals surface area contributed by atoms with Gasteiger partial charge in [0.05, 0.1) is 0 Å². The van der Waals surface area contributed by atoms with Crippen molar-refractivity contribution in [1.82, 2.24) is 0 Å². The molecule has 0 amide bonds. The first-order chi connectivity index (χ1) is 6.15. The van der Waals surface area contributed by atoms with Crippen molar-refractivity contribution in [3.8, 4) is 0 Å². The number of benzene rings is 1. The largest absolute Gasteiger partial charge is 0.0955 e. The minimum absolute atomic E-state index is 1.01. The first kappa shape index (κ1) is 9.79. The Morgan fingerprint density at radius 2 is 1.54 bits per heavy atom. The lowest BCUT2D eigenvalue weighted by molar-refractivity contribution is 1.24. The maximum atomic E-state index is 4.00. The summed E-state index contributed by atoms with van der Waals surface area (Å²) in [6.45, 7) is 12.0. The number of hydrogen-bond donors (Lipinski definition) is 0. The zero-order valence-electron chi connectivity index (χ0n) is 8.43. The molecule has 0 spiro atoms. The van der Waals surface area contributed by atoms with Crippen LogP contribution in [0.4, 0.5) is 0 Å². The number of rotatable bonds is 3. The van der Waals surface area contributed by atoms with Crippen molar-refractivity contribution >= 4 is 11.1 Å². The third-order valence-electron chi connectivity index (χ3n) is 2.21. The lowest BCUT2D eigenvalue weighted by atomic mass is 10.0. The lowest BCUT2D eigenvalue weighted by Gasteiger charge is -2.04. The zero-order valence-corrected chi connectivity index (χ0v) is 8.43. The molecule has 68 valence electrons. The maximum Gasteiger partial charge on any atom is -0.0230 e. The summed E-state index contributed by atoms with van der Waals surface area (Å²) in [7, 11) is 0. The Balaban J connectivity index is 2.93. The summed E-state index contributed by atoms with van der Waals surface area (Å²) >= 11 is 0. The summed E-state index contributed by atoms with van der Waals surface area (Å²) in [5.74, 6) is 0. The third kappa shape index (κ3) is 2.32. The molecule has 0 bridgehead atoms. The average Bonchev–Trinajstić information content (AvgIpc) is 2.17. The molecule has 0 aliphatic carbocycles. The predicted molar refractivity (Wildman–Crippen MR) is 60.5 cm³/mol. The van der Waals surface area contributed by atoms with E-state index in [0.717, 1.165) is 12.0 Å². The van der Waals surface area contributed by atoms with Gasteiger partial charge in [0.2, 0.25) is 0 Å². The Labute approximate surface area is 80.6 Å². The van der Waals surface area contributed by atoms with Gasteiger partial charge < -0.3 is 0 Å². The van der Waals surface area contributed by atoms with Crippen LogP contribution in [-0.2, 0) is 0 Å². The van der Waals surface area contributed by atoms with Crippen molar-refractivity contribution < 1.29 is 0 Å². The van der Waals surface area contributed by atoms with Crippen molar-refractivity contribution in [1.29, 1.82) is 0 Å². The summed E-state index contributed by atoms with van der Waals surface area (Å²) in [6, 6.07) is 8.41. The van der Waals surface area contributed by atoms with Crippen LogP contribution >= 0.6 is 0 Å². The molecule has 0 saturated carbocycles. The van der Waals surface area contributed by atoms with Gasteiger partial charge in [-0.25, -0.2) is 0 Å². The van der Waals surface area contributed by atoms with Crippen LogP contribution in [0.3, 0.4) is 0 Å². The molecule has 0 heteroatoms. The maximum absolute atomic E-state index is 4.00. The van der Waals surface area contributed by atoms with E-state index in [1.807, 2.05) is 6.92 Å². The highest BCUT2D eigenvalue weighted by molar-refractivity contribution is 5.67. The first-order valence-electron chi connectivity index (χ1n) is 4.59. The van der Waals surface area contributed by atoms with E-state index in [2.05, 4.69) is 44.3 Å². The second kappa shape index (κ2) is 4.08. The van der Waals surface area contributed by atoms with E-state index >= 15 is 0 Å². The van der Waals surface area contributed by atoms with Gasteiger partial charge in [-0.1, -0.05) is 49.9 Å². The van der Waals surface area contributed by atoms with Crippen molar-refractivity contribution in [3.63, 3.8) is 0 Å². The molecule has 1 rings (SSSR count). The molecule has 0 atom stereocenters. The highest BCUT2D eigenvalue weighted by Crippen LogP contribution is 2.18. The van der Waals surface area contributed by atoms with Crippen LogP contribution in [0.5, 0.6) is 0 Å². The van der Waals surface area contributed by atoms with E-state index in [1.54, 1.807) is 0 Å². The topological polar surface area (TPSA) is 0 Å². The molecule has 0 saturated heterocycles. The molecule has 0 fully saturated rings. The summed E-state index contributed by atoms with van der Waals surface area (Å²) in [6.07, 6.45) is 1.01. The van der Waals surface area contributed by atoms with Crippen LogP contribution < -0.4 is 0 Å². The molecule has 0 heterocycles. The van der Waals surface area contributed by atoms with E-state index in [4.69, 9.17) is 0 Å². The quantitative estimate of drug-likeness (QED) is 0.642. The van der Waals surface area contributed by atoms with Gasteiger partial charge in [0.1, 0.15) is 0 Å². The van der Waals surface area contributed by atoms with Gasteiger partial charge in [0, 0.05) is 0 Å². The van der Waals surface area contributed by atoms with Crippen molar-refractivity contribution in [2.75, 3.05) is 0 Å². The van der Waals surface area contributed by atoms with Gasteiger partial charge in [0.15, 0.2) is 0 Å². The minimum Gasteiger partial charge on any atom is -0.0955 e. The van der Waals surface area contributed by atoms with E-state index in [9.17, 15) is 0 Å². The Bertz CT molecular complexity index is 314. The van der Waals surface area contributed by atoms with E-state index < -0.39 is 0 Å². The first-order valence-corrected chi connectivity index (χ1v) is 4.59. The molecule has 0 aliphatic heterocycles. The minimum atomic E-state index is 1.01. The fraction of sp³-hybridized carbons (Fsp3) is 0.231. The summed E-state index contributed by atoms with van der Waals surface area (Å²) < 4.78 is 0. The van der Waals surface area contributed by atoms with Crippen LogP contribution in [0.25, 0.3) is 11.1 Å². The number of hydrogen-bond acceptors (Lipinski definition) is 0. The van der Waals surface area contributed by atoms with Crippen molar-refractivity contribution in [2.45, 2.75) is 20.3 Å². The normalized spacial score (nSPS) is 9.69. The van der Waals surface area contributed by atoms with Crippen LogP contribution in [0.2, 0.25) is 0 Å². The Morgan fingerprint density at radius 1 is 1.08 bits per heavy atom. The summed E-state index contributed by atoms with van der Waals surface area (Å²) in [5.41, 5.74) is 4.72. The number of allylic oxidation sites excluding steroid dienone is 2. The van der Waals surface area contributed by atoms with Gasteiger partial charge in [0.25, 0.3) is 0 Å². The second-order valence-electron chi connectivity index (χ2n) is 3.31. The van der Waals surface area contributed by atoms with Gasteiger partial charge in [-0.15, -0.1) is 0 Å². The highest BCUT2D eigenvalue weighted by atomic mass is 14.0. The predicted octanol–water partition coefficient (Wildman–Crippen LogP) is 4.14. The van der Waals surface area contributed by atoms with Crippen LogP contribution in [0, 0.1) is 0 Å². The fourth-order valence-corrected chi connectivity index (χ4v) is 1.19. The van der Waals surface area contributed by atoms with Crippen LogP contribution in [0.15, 0.2) is 37.4 Å². The molecule has 0 aliphatic rings. The van der Waals surface area contributed by atoms with E-state index in [-0.39, 0.29) is 0 Å². The SMILES string of the molecule is C=C(C)c1ccc(C(=C)CC)cc1. The Hall–Kier alpha value is -1.30. The molecule has 1 aromatic rings. The van der Waals surface area contributed by atoms with E-state index in [1.165, 1.54) is 16.7 Å². The molecule has 0 aromatic heterocycles. The molecular weight excluding hydrogens is 156 g/mol. The smallest absolute Gasteiger partial charge is 0.0230 e. The molecule has 0 nitrogen and oxygen atoms in total. The summed E-state index contributed by atoms with van der Waals surface area (Å²) in [4.78, 5) is 0. The highest BCUT2D eigenvalue weighted by Gasteiger charge is 1.96. The Kier molecular flexibility index (Phi) is 3.07. The molecule has 0 unspecified atom stereocenters. The Morgan fingerprint density at radius 3 is 1.92 bits per heavy atom. The second-order valence-corrected chi connectivity index (χ2v) is 3.31. The van der Waals surface area contributed by atoms with Gasteiger partial charge >= 0.3 is 0 Å². The average molecular weight is 172 g/mol. The molecular formula is C13H16. The van der Waals surface area contributed by atoms with Crippen molar-refractivity contribution in [3.05, 3.63) is 48.6 Å². The third-order valence-corrected chi connectivity index (χ3v) is 2.21. The standard InChI is InChI=1S/C13H16/c1-5-11(4)13-8-6-12(7-9-13)10(2)3/h6-9H,2,4-5H2,1,3H3. The molecule has 13 heavy (non-hydrogen) atoms. The fourth-order valence-electron chi connectivity index (χ4n) is 1.19. The van der Waals surface area contributed by atoms with E-state index in [0.29, 0.717) is 0 Å². The van der Waals surface area contributed by atoms with Crippen LogP contribution in [-0.4, -0.2) is 0 Å². The van der Waals surface area contributed by atoms with Crippen LogP contribution in [0.1, 0.15) is 31.4 Å². The van der Waals surface area contributed by atoms with Gasteiger partial charge in [-0.3, -0.25) is 0 Å². The molecule has 0 N–H and O–H groups in total. The molecule has 1 aromatic carbocycles. The summed E-state index contributed by atoms with van der Waals surface area (Å²) in [5, 5.41) is 0. The van der Waals surface area contributed by atoms with Gasteiger partial charge in [-0.2, -0.15) is 0 Å².